The first-order valence-electron chi connectivity index (χ1n) is 5.77. The summed E-state index contributed by atoms with van der Waals surface area (Å²) in [6, 6.07) is 8.23. The second kappa shape index (κ2) is 6.63. The maximum absolute atomic E-state index is 9.22. The van der Waals surface area contributed by atoms with Gasteiger partial charge in [-0.25, -0.2) is 0 Å². The van der Waals surface area contributed by atoms with Crippen molar-refractivity contribution < 1.29 is 5.11 Å². The molecule has 0 aromatic heterocycles. The maximum Gasteiger partial charge on any atom is 0.0524 e. The Morgan fingerprint density at radius 1 is 1.31 bits per heavy atom. The lowest BCUT2D eigenvalue weighted by Crippen LogP contribution is -2.23. The van der Waals surface area contributed by atoms with Gasteiger partial charge in [0.25, 0.3) is 0 Å². The van der Waals surface area contributed by atoms with E-state index in [9.17, 15) is 5.11 Å². The van der Waals surface area contributed by atoms with E-state index < -0.39 is 0 Å². The molecule has 3 N–H and O–H groups in total. The Morgan fingerprint density at radius 2 is 1.94 bits per heavy atom. The number of nitrogens with two attached hydrogens (primary N) is 1. The van der Waals surface area contributed by atoms with Crippen LogP contribution < -0.4 is 5.73 Å². The third kappa shape index (κ3) is 4.31. The summed E-state index contributed by atoms with van der Waals surface area (Å²) < 4.78 is 0. The number of nitrogens with zero attached hydrogens (tertiary/aromatic N) is 1. The largest absolute Gasteiger partial charge is 0.393 e. The fraction of sp³-hybridized carbons (Fsp3) is 0.538. The number of aliphatic hydroxyl groups is 1. The van der Waals surface area contributed by atoms with Crippen LogP contribution in [0.15, 0.2) is 24.3 Å². The van der Waals surface area contributed by atoms with Crippen LogP contribution in [0.4, 0.5) is 0 Å². The van der Waals surface area contributed by atoms with Crippen molar-refractivity contribution >= 4 is 0 Å². The fourth-order valence-corrected chi connectivity index (χ4v) is 1.69. The minimum atomic E-state index is -0.229. The van der Waals surface area contributed by atoms with E-state index in [4.69, 9.17) is 5.73 Å². The topological polar surface area (TPSA) is 49.5 Å². The molecule has 0 aliphatic heterocycles. The van der Waals surface area contributed by atoms with Crippen molar-refractivity contribution in [1.82, 2.24) is 4.90 Å². The molecule has 1 unspecified atom stereocenters. The van der Waals surface area contributed by atoms with E-state index in [1.165, 1.54) is 11.1 Å². The van der Waals surface area contributed by atoms with E-state index >= 15 is 0 Å². The zero-order valence-corrected chi connectivity index (χ0v) is 10.2. The van der Waals surface area contributed by atoms with E-state index in [0.717, 1.165) is 19.5 Å². The first-order valence-corrected chi connectivity index (χ1v) is 5.77. The molecular formula is C13H22N2O. The van der Waals surface area contributed by atoms with Crippen LogP contribution in [0.2, 0.25) is 0 Å². The summed E-state index contributed by atoms with van der Waals surface area (Å²) in [4.78, 5) is 2.21. The summed E-state index contributed by atoms with van der Waals surface area (Å²) in [5.74, 6) is 0. The van der Waals surface area contributed by atoms with Gasteiger partial charge in [0.05, 0.1) is 6.10 Å². The van der Waals surface area contributed by atoms with Crippen LogP contribution in [0, 0.1) is 0 Å². The second-order valence-corrected chi connectivity index (χ2v) is 4.35. The van der Waals surface area contributed by atoms with Gasteiger partial charge in [-0.2, -0.15) is 0 Å². The molecule has 1 aromatic rings. The molecule has 1 atom stereocenters. The highest BCUT2D eigenvalue weighted by molar-refractivity contribution is 5.26. The van der Waals surface area contributed by atoms with E-state index in [-0.39, 0.29) is 6.10 Å². The van der Waals surface area contributed by atoms with Crippen LogP contribution in [-0.4, -0.2) is 29.7 Å². The minimum Gasteiger partial charge on any atom is -0.393 e. The Kier molecular flexibility index (Phi) is 5.46. The van der Waals surface area contributed by atoms with Crippen LogP contribution >= 0.6 is 0 Å². The van der Waals surface area contributed by atoms with Crippen molar-refractivity contribution in [3.05, 3.63) is 35.4 Å². The molecular weight excluding hydrogens is 200 g/mol. The quantitative estimate of drug-likeness (QED) is 0.764. The lowest BCUT2D eigenvalue weighted by atomic mass is 10.1. The monoisotopic (exact) mass is 222 g/mol. The van der Waals surface area contributed by atoms with Gasteiger partial charge < -0.3 is 15.7 Å². The summed E-state index contributed by atoms with van der Waals surface area (Å²) >= 11 is 0. The highest BCUT2D eigenvalue weighted by Crippen LogP contribution is 2.10. The second-order valence-electron chi connectivity index (χ2n) is 4.35. The SMILES string of the molecule is CC(O)CCN(C)Cc1ccccc1CN. The highest BCUT2D eigenvalue weighted by atomic mass is 16.3. The Labute approximate surface area is 97.9 Å². The van der Waals surface area contributed by atoms with Gasteiger partial charge in [0.15, 0.2) is 0 Å². The first-order chi connectivity index (χ1) is 7.63. The van der Waals surface area contributed by atoms with Gasteiger partial charge in [0.1, 0.15) is 0 Å². The molecule has 0 saturated heterocycles. The predicted octanol–water partition coefficient (Wildman–Crippen LogP) is 1.35. The average Bonchev–Trinajstić information content (AvgIpc) is 2.27. The lowest BCUT2D eigenvalue weighted by Gasteiger charge is -2.19. The summed E-state index contributed by atoms with van der Waals surface area (Å²) in [6.07, 6.45) is 0.577. The normalized spacial score (nSPS) is 13.1. The predicted molar refractivity (Wildman–Crippen MR) is 67.0 cm³/mol. The van der Waals surface area contributed by atoms with Crippen molar-refractivity contribution in [1.29, 1.82) is 0 Å². The minimum absolute atomic E-state index is 0.229. The van der Waals surface area contributed by atoms with Crippen molar-refractivity contribution in [2.75, 3.05) is 13.6 Å². The van der Waals surface area contributed by atoms with Crippen molar-refractivity contribution in [2.45, 2.75) is 32.5 Å². The molecule has 0 saturated carbocycles. The standard InChI is InChI=1S/C13H22N2O/c1-11(16)7-8-15(2)10-13-6-4-3-5-12(13)9-14/h3-6,11,16H,7-10,14H2,1-2H3. The lowest BCUT2D eigenvalue weighted by molar-refractivity contribution is 0.163. The molecule has 1 aromatic carbocycles. The number of rotatable bonds is 6. The number of benzene rings is 1. The molecule has 0 amide bonds. The number of aliphatic hydroxyl groups excluding tert-OH is 1. The summed E-state index contributed by atoms with van der Waals surface area (Å²) in [6.45, 7) is 4.19. The molecule has 0 bridgehead atoms. The zero-order chi connectivity index (χ0) is 12.0. The molecule has 0 heterocycles. The summed E-state index contributed by atoms with van der Waals surface area (Å²) in [5.41, 5.74) is 8.17. The third-order valence-electron chi connectivity index (χ3n) is 2.71. The molecule has 0 radical (unpaired) electrons. The maximum atomic E-state index is 9.22. The van der Waals surface area contributed by atoms with E-state index in [1.807, 2.05) is 19.1 Å². The van der Waals surface area contributed by atoms with Crippen molar-refractivity contribution in [3.63, 3.8) is 0 Å². The van der Waals surface area contributed by atoms with Gasteiger partial charge in [-0.3, -0.25) is 0 Å². The van der Waals surface area contributed by atoms with Crippen LogP contribution in [0.5, 0.6) is 0 Å². The van der Waals surface area contributed by atoms with Gasteiger partial charge in [-0.1, -0.05) is 24.3 Å². The summed E-state index contributed by atoms with van der Waals surface area (Å²) in [7, 11) is 2.07. The Balaban J connectivity index is 2.51. The van der Waals surface area contributed by atoms with Gasteiger partial charge in [0.2, 0.25) is 0 Å². The van der Waals surface area contributed by atoms with Crippen LogP contribution in [0.1, 0.15) is 24.5 Å². The molecule has 3 heteroatoms. The Bertz CT molecular complexity index is 313. The smallest absolute Gasteiger partial charge is 0.0524 e. The zero-order valence-electron chi connectivity index (χ0n) is 10.2. The van der Waals surface area contributed by atoms with Gasteiger partial charge in [-0.05, 0) is 31.5 Å². The number of hydrogen-bond donors (Lipinski definition) is 2. The highest BCUT2D eigenvalue weighted by Gasteiger charge is 2.05. The van der Waals surface area contributed by atoms with Gasteiger partial charge in [0, 0.05) is 19.6 Å². The molecule has 0 aliphatic rings. The molecule has 0 fully saturated rings. The van der Waals surface area contributed by atoms with Gasteiger partial charge in [-0.15, -0.1) is 0 Å². The molecule has 3 nitrogen and oxygen atoms in total. The van der Waals surface area contributed by atoms with Gasteiger partial charge >= 0.3 is 0 Å². The van der Waals surface area contributed by atoms with Crippen molar-refractivity contribution in [3.8, 4) is 0 Å². The Morgan fingerprint density at radius 3 is 2.50 bits per heavy atom. The first kappa shape index (κ1) is 13.2. The number of hydrogen-bond acceptors (Lipinski definition) is 3. The van der Waals surface area contributed by atoms with E-state index in [1.54, 1.807) is 0 Å². The van der Waals surface area contributed by atoms with Crippen LogP contribution in [0.25, 0.3) is 0 Å². The molecule has 0 aliphatic carbocycles. The fourth-order valence-electron chi connectivity index (χ4n) is 1.69. The van der Waals surface area contributed by atoms with Crippen LogP contribution in [0.3, 0.4) is 0 Å². The summed E-state index contributed by atoms with van der Waals surface area (Å²) in [5, 5.41) is 9.22. The average molecular weight is 222 g/mol. The van der Waals surface area contributed by atoms with E-state index in [2.05, 4.69) is 24.1 Å². The molecule has 16 heavy (non-hydrogen) atoms. The third-order valence-corrected chi connectivity index (χ3v) is 2.71. The molecule has 1 rings (SSSR count). The molecule has 90 valence electrons. The van der Waals surface area contributed by atoms with Crippen LogP contribution in [-0.2, 0) is 13.1 Å². The van der Waals surface area contributed by atoms with E-state index in [0.29, 0.717) is 6.54 Å². The van der Waals surface area contributed by atoms with Crippen molar-refractivity contribution in [2.24, 2.45) is 5.73 Å². The molecule has 0 spiro atoms. The Hall–Kier alpha value is -0.900.